The Labute approximate surface area is 78.0 Å². The molecule has 0 amide bonds. The summed E-state index contributed by atoms with van der Waals surface area (Å²) in [5.74, 6) is 0. The number of fused-ring (bicyclic) bond motifs is 1. The van der Waals surface area contributed by atoms with Crippen molar-refractivity contribution in [3.8, 4) is 0 Å². The number of rotatable bonds is 0. The van der Waals surface area contributed by atoms with Crippen LogP contribution in [0.25, 0.3) is 10.1 Å². The van der Waals surface area contributed by atoms with Gasteiger partial charge in [0, 0.05) is 19.4 Å². The SMILES string of the molecule is Cc1cc2c(Br)cccc2s1. The maximum Gasteiger partial charge on any atom is 0.0356 e. The molecule has 11 heavy (non-hydrogen) atoms. The fraction of sp³-hybridized carbons (Fsp3) is 0.111. The standard InChI is InChI=1S/C9H7BrS/c1-6-5-7-8(10)3-2-4-9(7)11-6/h2-5H,1H3. The minimum absolute atomic E-state index is 1.19. The van der Waals surface area contributed by atoms with E-state index in [4.69, 9.17) is 0 Å². The van der Waals surface area contributed by atoms with E-state index in [1.165, 1.54) is 19.4 Å². The van der Waals surface area contributed by atoms with E-state index in [0.29, 0.717) is 0 Å². The number of benzene rings is 1. The summed E-state index contributed by atoms with van der Waals surface area (Å²) in [6, 6.07) is 8.51. The van der Waals surface area contributed by atoms with E-state index >= 15 is 0 Å². The lowest BCUT2D eigenvalue weighted by atomic mass is 10.2. The highest BCUT2D eigenvalue weighted by molar-refractivity contribution is 9.10. The first kappa shape index (κ1) is 7.32. The molecule has 0 N–H and O–H groups in total. The van der Waals surface area contributed by atoms with Crippen molar-refractivity contribution in [2.24, 2.45) is 0 Å². The molecule has 2 aromatic rings. The number of thiophene rings is 1. The minimum atomic E-state index is 1.19. The molecule has 0 nitrogen and oxygen atoms in total. The van der Waals surface area contributed by atoms with Gasteiger partial charge in [-0.3, -0.25) is 0 Å². The molecule has 0 radical (unpaired) electrons. The van der Waals surface area contributed by atoms with Crippen molar-refractivity contribution in [1.29, 1.82) is 0 Å². The van der Waals surface area contributed by atoms with E-state index in [1.807, 2.05) is 11.3 Å². The normalized spacial score (nSPS) is 10.7. The Morgan fingerprint density at radius 1 is 1.36 bits per heavy atom. The fourth-order valence-corrected chi connectivity index (χ4v) is 2.71. The van der Waals surface area contributed by atoms with Gasteiger partial charge in [-0.05, 0) is 25.1 Å². The number of halogens is 1. The molecule has 1 heterocycles. The first-order valence-electron chi connectivity index (χ1n) is 3.42. The first-order valence-corrected chi connectivity index (χ1v) is 5.03. The monoisotopic (exact) mass is 226 g/mol. The predicted octanol–water partition coefficient (Wildman–Crippen LogP) is 3.97. The van der Waals surface area contributed by atoms with Crippen molar-refractivity contribution in [2.75, 3.05) is 0 Å². The van der Waals surface area contributed by atoms with Gasteiger partial charge in [0.05, 0.1) is 0 Å². The predicted molar refractivity (Wildman–Crippen MR) is 54.3 cm³/mol. The van der Waals surface area contributed by atoms with E-state index in [-0.39, 0.29) is 0 Å². The van der Waals surface area contributed by atoms with Crippen molar-refractivity contribution in [2.45, 2.75) is 6.92 Å². The summed E-state index contributed by atoms with van der Waals surface area (Å²) in [7, 11) is 0. The van der Waals surface area contributed by atoms with Crippen LogP contribution in [0.1, 0.15) is 4.88 Å². The lowest BCUT2D eigenvalue weighted by molar-refractivity contribution is 1.65. The summed E-state index contributed by atoms with van der Waals surface area (Å²) < 4.78 is 2.55. The summed E-state index contributed by atoms with van der Waals surface area (Å²) in [6.45, 7) is 2.14. The smallest absolute Gasteiger partial charge is 0.0356 e. The van der Waals surface area contributed by atoms with Gasteiger partial charge in [-0.25, -0.2) is 0 Å². The van der Waals surface area contributed by atoms with Crippen LogP contribution in [0.15, 0.2) is 28.7 Å². The molecular weight excluding hydrogens is 220 g/mol. The Kier molecular flexibility index (Phi) is 1.74. The molecule has 0 aliphatic carbocycles. The molecule has 0 spiro atoms. The second kappa shape index (κ2) is 2.61. The molecule has 56 valence electrons. The van der Waals surface area contributed by atoms with Gasteiger partial charge in [-0.15, -0.1) is 11.3 Å². The maximum atomic E-state index is 3.52. The Balaban J connectivity index is 2.90. The fourth-order valence-electron chi connectivity index (χ4n) is 1.15. The average Bonchev–Trinajstić information content (AvgIpc) is 2.31. The lowest BCUT2D eigenvalue weighted by Crippen LogP contribution is -1.63. The number of hydrogen-bond donors (Lipinski definition) is 0. The lowest BCUT2D eigenvalue weighted by Gasteiger charge is -1.89. The molecule has 0 unspecified atom stereocenters. The highest BCUT2D eigenvalue weighted by atomic mass is 79.9. The van der Waals surface area contributed by atoms with Crippen LogP contribution in [-0.2, 0) is 0 Å². The molecule has 0 saturated heterocycles. The molecule has 2 heteroatoms. The minimum Gasteiger partial charge on any atom is -0.141 e. The van der Waals surface area contributed by atoms with E-state index < -0.39 is 0 Å². The van der Waals surface area contributed by atoms with Crippen molar-refractivity contribution in [1.82, 2.24) is 0 Å². The first-order chi connectivity index (χ1) is 5.27. The Morgan fingerprint density at radius 3 is 2.91 bits per heavy atom. The van der Waals surface area contributed by atoms with Gasteiger partial charge in [0.2, 0.25) is 0 Å². The summed E-state index contributed by atoms with van der Waals surface area (Å²) in [6.07, 6.45) is 0. The zero-order chi connectivity index (χ0) is 7.84. The second-order valence-electron chi connectivity index (χ2n) is 2.51. The van der Waals surface area contributed by atoms with Gasteiger partial charge in [-0.2, -0.15) is 0 Å². The molecule has 0 saturated carbocycles. The van der Waals surface area contributed by atoms with Crippen molar-refractivity contribution in [3.63, 3.8) is 0 Å². The largest absolute Gasteiger partial charge is 0.141 e. The summed E-state index contributed by atoms with van der Waals surface area (Å²) in [5, 5.41) is 1.33. The molecule has 0 aliphatic rings. The third-order valence-corrected chi connectivity index (χ3v) is 3.34. The Bertz CT molecular complexity index is 389. The summed E-state index contributed by atoms with van der Waals surface area (Å²) in [5.41, 5.74) is 0. The van der Waals surface area contributed by atoms with E-state index in [2.05, 4.69) is 47.1 Å². The quantitative estimate of drug-likeness (QED) is 0.638. The van der Waals surface area contributed by atoms with Crippen molar-refractivity contribution >= 4 is 37.4 Å². The third kappa shape index (κ3) is 1.21. The van der Waals surface area contributed by atoms with Crippen LogP contribution in [0.2, 0.25) is 0 Å². The van der Waals surface area contributed by atoms with Gasteiger partial charge in [0.25, 0.3) is 0 Å². The average molecular weight is 227 g/mol. The van der Waals surface area contributed by atoms with Gasteiger partial charge >= 0.3 is 0 Å². The molecule has 2 rings (SSSR count). The van der Waals surface area contributed by atoms with E-state index in [0.717, 1.165) is 0 Å². The van der Waals surface area contributed by atoms with Gasteiger partial charge in [0.15, 0.2) is 0 Å². The van der Waals surface area contributed by atoms with Crippen molar-refractivity contribution < 1.29 is 0 Å². The van der Waals surface area contributed by atoms with E-state index in [1.54, 1.807) is 0 Å². The van der Waals surface area contributed by atoms with Crippen molar-refractivity contribution in [3.05, 3.63) is 33.6 Å². The molecule has 0 aliphatic heterocycles. The Morgan fingerprint density at radius 2 is 2.18 bits per heavy atom. The Hall–Kier alpha value is -0.340. The summed E-state index contributed by atoms with van der Waals surface area (Å²) >= 11 is 5.35. The van der Waals surface area contributed by atoms with Crippen LogP contribution < -0.4 is 0 Å². The zero-order valence-corrected chi connectivity index (χ0v) is 8.50. The van der Waals surface area contributed by atoms with Crippen LogP contribution >= 0.6 is 27.3 Å². The molecule has 0 fully saturated rings. The van der Waals surface area contributed by atoms with Gasteiger partial charge in [0.1, 0.15) is 0 Å². The molecule has 0 bridgehead atoms. The van der Waals surface area contributed by atoms with E-state index in [9.17, 15) is 0 Å². The van der Waals surface area contributed by atoms with Crippen LogP contribution in [-0.4, -0.2) is 0 Å². The van der Waals surface area contributed by atoms with Crippen LogP contribution in [0.4, 0.5) is 0 Å². The van der Waals surface area contributed by atoms with Gasteiger partial charge < -0.3 is 0 Å². The molecule has 1 aromatic heterocycles. The van der Waals surface area contributed by atoms with Crippen LogP contribution in [0.3, 0.4) is 0 Å². The number of aryl methyl sites for hydroxylation is 1. The topological polar surface area (TPSA) is 0 Å². The summed E-state index contributed by atoms with van der Waals surface area (Å²) in [4.78, 5) is 1.37. The second-order valence-corrected chi connectivity index (χ2v) is 4.65. The molecule has 1 aromatic carbocycles. The third-order valence-electron chi connectivity index (χ3n) is 1.63. The maximum absolute atomic E-state index is 3.52. The van der Waals surface area contributed by atoms with Gasteiger partial charge in [-0.1, -0.05) is 22.0 Å². The highest BCUT2D eigenvalue weighted by Crippen LogP contribution is 2.30. The zero-order valence-electron chi connectivity index (χ0n) is 6.10. The van der Waals surface area contributed by atoms with Crippen LogP contribution in [0, 0.1) is 6.92 Å². The van der Waals surface area contributed by atoms with Crippen LogP contribution in [0.5, 0.6) is 0 Å². The molecular formula is C9H7BrS. The number of hydrogen-bond acceptors (Lipinski definition) is 1. The highest BCUT2D eigenvalue weighted by Gasteiger charge is 1.99. The molecule has 0 atom stereocenters.